The highest BCUT2D eigenvalue weighted by Crippen LogP contribution is 2.28. The fourth-order valence-corrected chi connectivity index (χ4v) is 3.24. The molecule has 0 spiro atoms. The van der Waals surface area contributed by atoms with Gasteiger partial charge in [-0.25, -0.2) is 0 Å². The molecule has 1 saturated carbocycles. The van der Waals surface area contributed by atoms with Gasteiger partial charge in [-0.15, -0.1) is 0 Å². The molecule has 1 aliphatic rings. The number of nitrogen functional groups attached to an aromatic ring is 1. The van der Waals surface area contributed by atoms with Gasteiger partial charge in [0, 0.05) is 18.3 Å². The van der Waals surface area contributed by atoms with Crippen LogP contribution in [0.5, 0.6) is 5.75 Å². The van der Waals surface area contributed by atoms with E-state index in [2.05, 4.69) is 18.9 Å². The number of hydrogen-bond acceptors (Lipinski definition) is 3. The van der Waals surface area contributed by atoms with E-state index in [1.165, 1.54) is 32.1 Å². The van der Waals surface area contributed by atoms with E-state index >= 15 is 0 Å². The maximum absolute atomic E-state index is 5.75. The number of benzene rings is 1. The molecule has 0 atom stereocenters. The second-order valence-corrected chi connectivity index (χ2v) is 6.33. The molecular weight excluding hydrogens is 260 g/mol. The molecule has 0 radical (unpaired) electrons. The highest BCUT2D eigenvalue weighted by molar-refractivity contribution is 5.41. The molecule has 21 heavy (non-hydrogen) atoms. The van der Waals surface area contributed by atoms with Crippen LogP contribution in [-0.4, -0.2) is 31.1 Å². The van der Waals surface area contributed by atoms with E-state index in [0.717, 1.165) is 43.0 Å². The number of ether oxygens (including phenoxy) is 1. The number of rotatable bonds is 7. The van der Waals surface area contributed by atoms with Crippen molar-refractivity contribution >= 4 is 5.69 Å². The lowest BCUT2D eigenvalue weighted by Gasteiger charge is -2.34. The first-order valence-corrected chi connectivity index (χ1v) is 8.37. The highest BCUT2D eigenvalue weighted by atomic mass is 16.5. The predicted octanol–water partition coefficient (Wildman–Crippen LogP) is 3.94. The van der Waals surface area contributed by atoms with Crippen molar-refractivity contribution in [3.8, 4) is 5.75 Å². The van der Waals surface area contributed by atoms with Crippen LogP contribution in [0.3, 0.4) is 0 Å². The van der Waals surface area contributed by atoms with Gasteiger partial charge in [0.25, 0.3) is 0 Å². The first-order chi connectivity index (χ1) is 10.2. The van der Waals surface area contributed by atoms with Crippen molar-refractivity contribution in [1.29, 1.82) is 0 Å². The van der Waals surface area contributed by atoms with Gasteiger partial charge < -0.3 is 15.4 Å². The smallest absolute Gasteiger partial charge is 0.119 e. The van der Waals surface area contributed by atoms with Crippen LogP contribution in [0.15, 0.2) is 24.3 Å². The van der Waals surface area contributed by atoms with Crippen molar-refractivity contribution < 1.29 is 4.74 Å². The minimum absolute atomic E-state index is 0.776. The maximum atomic E-state index is 5.75. The SMILES string of the molecule is CCC1CCC(N(C)CCCOc2ccc(N)cc2)CC1. The van der Waals surface area contributed by atoms with Crippen LogP contribution < -0.4 is 10.5 Å². The molecule has 1 aromatic carbocycles. The normalized spacial score (nSPS) is 22.4. The molecule has 2 N–H and O–H groups in total. The Labute approximate surface area is 129 Å². The molecule has 0 aromatic heterocycles. The molecule has 1 aromatic rings. The molecule has 0 bridgehead atoms. The zero-order valence-corrected chi connectivity index (χ0v) is 13.6. The summed E-state index contributed by atoms with van der Waals surface area (Å²) in [5.41, 5.74) is 6.44. The Balaban J connectivity index is 1.61. The van der Waals surface area contributed by atoms with Crippen molar-refractivity contribution in [1.82, 2.24) is 4.90 Å². The van der Waals surface area contributed by atoms with Crippen molar-refractivity contribution in [2.75, 3.05) is 25.9 Å². The van der Waals surface area contributed by atoms with Crippen molar-refractivity contribution in [3.05, 3.63) is 24.3 Å². The lowest BCUT2D eigenvalue weighted by atomic mass is 9.84. The van der Waals surface area contributed by atoms with Gasteiger partial charge in [0.05, 0.1) is 6.61 Å². The number of hydrogen-bond donors (Lipinski definition) is 1. The van der Waals surface area contributed by atoms with Gasteiger partial charge in [0.15, 0.2) is 0 Å². The Morgan fingerprint density at radius 1 is 1.14 bits per heavy atom. The van der Waals surface area contributed by atoms with E-state index in [4.69, 9.17) is 10.5 Å². The van der Waals surface area contributed by atoms with Crippen LogP contribution >= 0.6 is 0 Å². The van der Waals surface area contributed by atoms with E-state index in [-0.39, 0.29) is 0 Å². The van der Waals surface area contributed by atoms with E-state index in [0.29, 0.717) is 0 Å². The van der Waals surface area contributed by atoms with Gasteiger partial charge in [-0.2, -0.15) is 0 Å². The van der Waals surface area contributed by atoms with Crippen molar-refractivity contribution in [3.63, 3.8) is 0 Å². The molecule has 0 heterocycles. The average Bonchev–Trinajstić information content (AvgIpc) is 2.53. The zero-order valence-electron chi connectivity index (χ0n) is 13.6. The highest BCUT2D eigenvalue weighted by Gasteiger charge is 2.22. The molecule has 1 fully saturated rings. The molecule has 3 nitrogen and oxygen atoms in total. The molecule has 2 rings (SSSR count). The lowest BCUT2D eigenvalue weighted by Crippen LogP contribution is -2.36. The Kier molecular flexibility index (Phi) is 6.37. The average molecular weight is 290 g/mol. The van der Waals surface area contributed by atoms with Crippen molar-refractivity contribution in [2.45, 2.75) is 51.5 Å². The topological polar surface area (TPSA) is 38.5 Å². The summed E-state index contributed by atoms with van der Waals surface area (Å²) in [6.07, 6.45) is 7.99. The minimum Gasteiger partial charge on any atom is -0.494 e. The number of nitrogens with zero attached hydrogens (tertiary/aromatic N) is 1. The quantitative estimate of drug-likeness (QED) is 0.610. The Bertz CT molecular complexity index is 396. The van der Waals surface area contributed by atoms with Gasteiger partial charge in [-0.3, -0.25) is 0 Å². The summed E-state index contributed by atoms with van der Waals surface area (Å²) in [6, 6.07) is 8.42. The molecule has 0 unspecified atom stereocenters. The van der Waals surface area contributed by atoms with Crippen LogP contribution in [0.4, 0.5) is 5.69 Å². The van der Waals surface area contributed by atoms with Crippen LogP contribution in [-0.2, 0) is 0 Å². The van der Waals surface area contributed by atoms with Crippen molar-refractivity contribution in [2.24, 2.45) is 5.92 Å². The van der Waals surface area contributed by atoms with E-state index in [1.54, 1.807) is 0 Å². The van der Waals surface area contributed by atoms with Crippen LogP contribution in [0.2, 0.25) is 0 Å². The van der Waals surface area contributed by atoms with Gasteiger partial charge in [-0.1, -0.05) is 13.3 Å². The van der Waals surface area contributed by atoms with Crippen LogP contribution in [0, 0.1) is 5.92 Å². The minimum atomic E-state index is 0.776. The standard InChI is InChI=1S/C18H30N2O/c1-3-15-5-9-17(10-6-15)20(2)13-4-14-21-18-11-7-16(19)8-12-18/h7-8,11-12,15,17H,3-6,9-10,13-14,19H2,1-2H3. The summed E-state index contributed by atoms with van der Waals surface area (Å²) in [7, 11) is 2.26. The molecule has 118 valence electrons. The first-order valence-electron chi connectivity index (χ1n) is 8.37. The van der Waals surface area contributed by atoms with E-state index < -0.39 is 0 Å². The lowest BCUT2D eigenvalue weighted by molar-refractivity contribution is 0.154. The number of anilines is 1. The Morgan fingerprint density at radius 3 is 2.43 bits per heavy atom. The van der Waals surface area contributed by atoms with E-state index in [9.17, 15) is 0 Å². The fourth-order valence-electron chi connectivity index (χ4n) is 3.24. The third kappa shape index (κ3) is 5.24. The largest absolute Gasteiger partial charge is 0.494 e. The van der Waals surface area contributed by atoms with Crippen LogP contribution in [0.25, 0.3) is 0 Å². The summed E-state index contributed by atoms with van der Waals surface area (Å²) in [5, 5.41) is 0. The third-order valence-electron chi connectivity index (χ3n) is 4.82. The zero-order chi connectivity index (χ0) is 15.1. The molecule has 0 saturated heterocycles. The monoisotopic (exact) mass is 290 g/mol. The molecule has 1 aliphatic carbocycles. The van der Waals surface area contributed by atoms with Crippen LogP contribution in [0.1, 0.15) is 45.4 Å². The summed E-state index contributed by atoms with van der Waals surface area (Å²) in [6.45, 7) is 4.22. The number of nitrogens with two attached hydrogens (primary N) is 1. The third-order valence-corrected chi connectivity index (χ3v) is 4.82. The second kappa shape index (κ2) is 8.28. The van der Waals surface area contributed by atoms with Gasteiger partial charge in [0.2, 0.25) is 0 Å². The summed E-state index contributed by atoms with van der Waals surface area (Å²) >= 11 is 0. The predicted molar refractivity (Wildman–Crippen MR) is 89.6 cm³/mol. The fraction of sp³-hybridized carbons (Fsp3) is 0.667. The molecular formula is C18H30N2O. The Morgan fingerprint density at radius 2 is 1.81 bits per heavy atom. The second-order valence-electron chi connectivity index (χ2n) is 6.33. The van der Waals surface area contributed by atoms with Gasteiger partial charge in [-0.05, 0) is 69.3 Å². The molecule has 0 amide bonds. The molecule has 3 heteroatoms. The Hall–Kier alpha value is -1.22. The van der Waals surface area contributed by atoms with E-state index in [1.807, 2.05) is 24.3 Å². The first kappa shape index (κ1) is 16.2. The maximum Gasteiger partial charge on any atom is 0.119 e. The van der Waals surface area contributed by atoms with Gasteiger partial charge >= 0.3 is 0 Å². The van der Waals surface area contributed by atoms with Gasteiger partial charge in [0.1, 0.15) is 5.75 Å². The summed E-state index contributed by atoms with van der Waals surface area (Å²) in [5.74, 6) is 1.89. The summed E-state index contributed by atoms with van der Waals surface area (Å²) in [4.78, 5) is 2.53. The molecule has 0 aliphatic heterocycles. The summed E-state index contributed by atoms with van der Waals surface area (Å²) < 4.78 is 5.75.